The SMILES string of the molecule is CC(C)Oc1ccccc1NC(=O)CN(Cc1ccccc1)c1ccccc1. The molecule has 0 aliphatic carbocycles. The maximum Gasteiger partial charge on any atom is 0.244 e. The van der Waals surface area contributed by atoms with Crippen molar-refractivity contribution in [2.75, 3.05) is 16.8 Å². The standard InChI is InChI=1S/C24H26N2O2/c1-19(2)28-23-16-10-9-15-22(23)25-24(27)18-26(21-13-7-4-8-14-21)17-20-11-5-3-6-12-20/h3-16,19H,17-18H2,1-2H3,(H,25,27). The lowest BCUT2D eigenvalue weighted by Gasteiger charge is -2.25. The number of nitrogens with zero attached hydrogens (tertiary/aromatic N) is 1. The van der Waals surface area contributed by atoms with Crippen molar-refractivity contribution in [1.29, 1.82) is 0 Å². The summed E-state index contributed by atoms with van der Waals surface area (Å²) in [7, 11) is 0. The zero-order valence-electron chi connectivity index (χ0n) is 16.3. The number of anilines is 2. The lowest BCUT2D eigenvalue weighted by Crippen LogP contribution is -2.33. The van der Waals surface area contributed by atoms with E-state index in [-0.39, 0.29) is 18.6 Å². The summed E-state index contributed by atoms with van der Waals surface area (Å²) < 4.78 is 5.80. The predicted octanol–water partition coefficient (Wildman–Crippen LogP) is 5.12. The van der Waals surface area contributed by atoms with E-state index in [0.717, 1.165) is 11.3 Å². The fourth-order valence-corrected chi connectivity index (χ4v) is 2.97. The van der Waals surface area contributed by atoms with Crippen LogP contribution < -0.4 is 15.0 Å². The van der Waals surface area contributed by atoms with Crippen LogP contribution in [-0.4, -0.2) is 18.6 Å². The van der Waals surface area contributed by atoms with Gasteiger partial charge in [-0.3, -0.25) is 4.79 Å². The molecular weight excluding hydrogens is 348 g/mol. The Balaban J connectivity index is 1.75. The summed E-state index contributed by atoms with van der Waals surface area (Å²) >= 11 is 0. The molecule has 0 heterocycles. The summed E-state index contributed by atoms with van der Waals surface area (Å²) in [5, 5.41) is 3.00. The fraction of sp³-hybridized carbons (Fsp3) is 0.208. The Hall–Kier alpha value is -3.27. The van der Waals surface area contributed by atoms with Crippen molar-refractivity contribution in [1.82, 2.24) is 0 Å². The van der Waals surface area contributed by atoms with E-state index >= 15 is 0 Å². The molecule has 0 fully saturated rings. The molecule has 4 heteroatoms. The van der Waals surface area contributed by atoms with Crippen molar-refractivity contribution in [3.8, 4) is 5.75 Å². The maximum absolute atomic E-state index is 12.8. The molecule has 1 amide bonds. The Labute approximate surface area is 166 Å². The largest absolute Gasteiger partial charge is 0.489 e. The van der Waals surface area contributed by atoms with Crippen molar-refractivity contribution in [2.24, 2.45) is 0 Å². The van der Waals surface area contributed by atoms with Gasteiger partial charge in [-0.2, -0.15) is 0 Å². The molecule has 0 radical (unpaired) electrons. The van der Waals surface area contributed by atoms with E-state index < -0.39 is 0 Å². The average Bonchev–Trinajstić information content (AvgIpc) is 2.70. The molecule has 0 spiro atoms. The van der Waals surface area contributed by atoms with E-state index in [4.69, 9.17) is 4.74 Å². The van der Waals surface area contributed by atoms with Crippen LogP contribution in [0.4, 0.5) is 11.4 Å². The zero-order chi connectivity index (χ0) is 19.8. The molecule has 4 nitrogen and oxygen atoms in total. The van der Waals surface area contributed by atoms with Crippen LogP contribution in [0.3, 0.4) is 0 Å². The molecule has 1 N–H and O–H groups in total. The second-order valence-electron chi connectivity index (χ2n) is 6.89. The summed E-state index contributed by atoms with van der Waals surface area (Å²) in [5.41, 5.74) is 2.85. The van der Waals surface area contributed by atoms with Crippen LogP contribution in [0.25, 0.3) is 0 Å². The molecule has 0 bridgehead atoms. The van der Waals surface area contributed by atoms with Gasteiger partial charge in [-0.1, -0.05) is 60.7 Å². The first kappa shape index (κ1) is 19.5. The Morgan fingerprint density at radius 1 is 0.893 bits per heavy atom. The Kier molecular flexibility index (Phi) is 6.68. The minimum atomic E-state index is -0.0837. The summed E-state index contributed by atoms with van der Waals surface area (Å²) in [6.45, 7) is 4.84. The number of hydrogen-bond acceptors (Lipinski definition) is 3. The van der Waals surface area contributed by atoms with Gasteiger partial charge in [0.05, 0.1) is 18.3 Å². The van der Waals surface area contributed by atoms with Crippen LogP contribution >= 0.6 is 0 Å². The smallest absolute Gasteiger partial charge is 0.244 e. The summed E-state index contributed by atoms with van der Waals surface area (Å²) in [5.74, 6) is 0.597. The van der Waals surface area contributed by atoms with Crippen LogP contribution in [-0.2, 0) is 11.3 Å². The monoisotopic (exact) mass is 374 g/mol. The number of amides is 1. The quantitative estimate of drug-likeness (QED) is 0.595. The van der Waals surface area contributed by atoms with Gasteiger partial charge in [0.2, 0.25) is 5.91 Å². The molecule has 3 aromatic carbocycles. The second-order valence-corrected chi connectivity index (χ2v) is 6.89. The Morgan fingerprint density at radius 3 is 2.18 bits per heavy atom. The second kappa shape index (κ2) is 9.60. The van der Waals surface area contributed by atoms with Gasteiger partial charge in [-0.05, 0) is 43.7 Å². The van der Waals surface area contributed by atoms with Crippen LogP contribution in [0.5, 0.6) is 5.75 Å². The van der Waals surface area contributed by atoms with E-state index in [1.165, 1.54) is 0 Å². The molecule has 0 aromatic heterocycles. The first-order chi connectivity index (χ1) is 13.6. The van der Waals surface area contributed by atoms with Gasteiger partial charge in [0, 0.05) is 12.2 Å². The third kappa shape index (κ3) is 5.61. The number of ether oxygens (including phenoxy) is 1. The van der Waals surface area contributed by atoms with Gasteiger partial charge in [-0.15, -0.1) is 0 Å². The molecule has 3 rings (SSSR count). The summed E-state index contributed by atoms with van der Waals surface area (Å²) in [6, 6.07) is 27.7. The minimum Gasteiger partial charge on any atom is -0.489 e. The molecular formula is C24H26N2O2. The average molecular weight is 374 g/mol. The van der Waals surface area contributed by atoms with Gasteiger partial charge in [0.25, 0.3) is 0 Å². The molecule has 0 unspecified atom stereocenters. The zero-order valence-corrected chi connectivity index (χ0v) is 16.3. The topological polar surface area (TPSA) is 41.6 Å². The lowest BCUT2D eigenvalue weighted by atomic mass is 10.2. The first-order valence-electron chi connectivity index (χ1n) is 9.51. The number of rotatable bonds is 8. The molecule has 0 saturated heterocycles. The Morgan fingerprint density at radius 2 is 1.50 bits per heavy atom. The van der Waals surface area contributed by atoms with Crippen LogP contribution in [0.15, 0.2) is 84.9 Å². The van der Waals surface area contributed by atoms with Crippen LogP contribution in [0.2, 0.25) is 0 Å². The number of carbonyl (C=O) groups excluding carboxylic acids is 1. The molecule has 0 aliphatic heterocycles. The molecule has 0 saturated carbocycles. The van der Waals surface area contributed by atoms with E-state index in [0.29, 0.717) is 18.0 Å². The van der Waals surface area contributed by atoms with Gasteiger partial charge >= 0.3 is 0 Å². The molecule has 0 aliphatic rings. The van der Waals surface area contributed by atoms with Gasteiger partial charge in [0.15, 0.2) is 0 Å². The van der Waals surface area contributed by atoms with Crippen LogP contribution in [0.1, 0.15) is 19.4 Å². The van der Waals surface area contributed by atoms with Crippen molar-refractivity contribution in [3.05, 3.63) is 90.5 Å². The molecule has 0 atom stereocenters. The minimum absolute atomic E-state index is 0.0388. The predicted molar refractivity (Wildman–Crippen MR) is 115 cm³/mol. The first-order valence-corrected chi connectivity index (χ1v) is 9.51. The van der Waals surface area contributed by atoms with Gasteiger partial charge in [-0.25, -0.2) is 0 Å². The highest BCUT2D eigenvalue weighted by atomic mass is 16.5. The van der Waals surface area contributed by atoms with Crippen molar-refractivity contribution in [3.63, 3.8) is 0 Å². The lowest BCUT2D eigenvalue weighted by molar-refractivity contribution is -0.115. The summed E-state index contributed by atoms with van der Waals surface area (Å²) in [4.78, 5) is 14.9. The van der Waals surface area contributed by atoms with Gasteiger partial charge in [0.1, 0.15) is 5.75 Å². The number of benzene rings is 3. The maximum atomic E-state index is 12.8. The van der Waals surface area contributed by atoms with E-state index in [1.807, 2.05) is 86.6 Å². The van der Waals surface area contributed by atoms with Crippen molar-refractivity contribution < 1.29 is 9.53 Å². The van der Waals surface area contributed by atoms with Crippen molar-refractivity contribution in [2.45, 2.75) is 26.5 Å². The molecule has 144 valence electrons. The van der Waals surface area contributed by atoms with E-state index in [2.05, 4.69) is 22.3 Å². The third-order valence-corrected chi connectivity index (χ3v) is 4.20. The highest BCUT2D eigenvalue weighted by Gasteiger charge is 2.14. The van der Waals surface area contributed by atoms with E-state index in [1.54, 1.807) is 0 Å². The normalized spacial score (nSPS) is 10.5. The number of carbonyl (C=O) groups is 1. The Bertz CT molecular complexity index is 879. The third-order valence-electron chi connectivity index (χ3n) is 4.20. The fourth-order valence-electron chi connectivity index (χ4n) is 2.97. The number of hydrogen-bond donors (Lipinski definition) is 1. The molecule has 28 heavy (non-hydrogen) atoms. The van der Waals surface area contributed by atoms with Crippen molar-refractivity contribution >= 4 is 17.3 Å². The highest BCUT2D eigenvalue weighted by molar-refractivity contribution is 5.95. The van der Waals surface area contributed by atoms with E-state index in [9.17, 15) is 4.79 Å². The van der Waals surface area contributed by atoms with Gasteiger partial charge < -0.3 is 15.0 Å². The highest BCUT2D eigenvalue weighted by Crippen LogP contribution is 2.25. The molecule has 3 aromatic rings. The number of nitrogens with one attached hydrogen (secondary N) is 1. The van der Waals surface area contributed by atoms with Crippen LogP contribution in [0, 0.1) is 0 Å². The number of para-hydroxylation sites is 3. The summed E-state index contributed by atoms with van der Waals surface area (Å²) in [6.07, 6.45) is 0.0388.